The Hall–Kier alpha value is -3.43. The lowest BCUT2D eigenvalue weighted by Crippen LogP contribution is -2.68. The van der Waals surface area contributed by atoms with Gasteiger partial charge in [0, 0.05) is 31.9 Å². The van der Waals surface area contributed by atoms with Gasteiger partial charge in [0.05, 0.1) is 18.1 Å². The van der Waals surface area contributed by atoms with Gasteiger partial charge in [-0.2, -0.15) is 8.42 Å². The van der Waals surface area contributed by atoms with Gasteiger partial charge in [-0.1, -0.05) is 64.3 Å². The van der Waals surface area contributed by atoms with Crippen molar-refractivity contribution in [2.24, 2.45) is 23.7 Å². The molecule has 9 N–H and O–H groups in total. The zero-order chi connectivity index (χ0) is 47.4. The molecule has 1 aromatic heterocycles. The molecule has 5 rings (SSSR count). The zero-order valence-corrected chi connectivity index (χ0v) is 37.5. The number of nitrogens with one attached hydrogen (secondary N) is 2. The highest BCUT2D eigenvalue weighted by Gasteiger charge is 2.58. The van der Waals surface area contributed by atoms with E-state index in [0.29, 0.717) is 16.4 Å². The molecule has 362 valence electrons. The number of aromatic nitrogens is 2. The van der Waals surface area contributed by atoms with Gasteiger partial charge in [-0.25, -0.2) is 8.98 Å². The third kappa shape index (κ3) is 12.7. The number of carbonyl (C=O) groups is 2. The third-order valence-electron chi connectivity index (χ3n) is 12.3. The minimum absolute atomic E-state index is 0.272. The van der Waals surface area contributed by atoms with E-state index in [1.54, 1.807) is 6.08 Å². The van der Waals surface area contributed by atoms with Crippen LogP contribution in [-0.2, 0) is 43.1 Å². The number of carboxylic acid groups (broad SMARTS) is 1. The normalized spacial score (nSPS) is 36.2. The van der Waals surface area contributed by atoms with Crippen molar-refractivity contribution in [3.05, 3.63) is 56.9 Å². The summed E-state index contributed by atoms with van der Waals surface area (Å²) < 4.78 is 62.9. The van der Waals surface area contributed by atoms with Crippen LogP contribution in [-0.4, -0.2) is 169 Å². The lowest BCUT2D eigenvalue weighted by Gasteiger charge is -2.46. The highest BCUT2D eigenvalue weighted by Crippen LogP contribution is 2.38. The van der Waals surface area contributed by atoms with E-state index in [4.69, 9.17) is 23.1 Å². The number of hydrogen-bond acceptors (Lipinski definition) is 18. The first-order valence-corrected chi connectivity index (χ1v) is 23.0. The van der Waals surface area contributed by atoms with E-state index in [-0.39, 0.29) is 19.0 Å². The maximum absolute atomic E-state index is 13.6. The van der Waals surface area contributed by atoms with Gasteiger partial charge in [-0.3, -0.25) is 33.4 Å². The molecule has 22 nitrogen and oxygen atoms in total. The number of carbonyl (C=O) groups excluding carboxylic acids is 1. The molecule has 4 aliphatic rings. The Balaban J connectivity index is 1.39. The molecule has 0 aromatic carbocycles. The maximum Gasteiger partial charge on any atom is 0.397 e. The number of carboxylic acids is 1. The smallest absolute Gasteiger partial charge is 0.397 e. The highest BCUT2D eigenvalue weighted by molar-refractivity contribution is 7.80. The summed E-state index contributed by atoms with van der Waals surface area (Å²) >= 11 is 0. The number of hydrogen-bond donors (Lipinski definition) is 9. The average molecular weight is 933 g/mol. The van der Waals surface area contributed by atoms with Gasteiger partial charge in [0.15, 0.2) is 12.5 Å². The summed E-state index contributed by atoms with van der Waals surface area (Å²) in [7, 11) is -5.46. The first-order chi connectivity index (χ1) is 30.0. The van der Waals surface area contributed by atoms with Crippen LogP contribution < -0.4 is 16.6 Å². The minimum atomic E-state index is -5.46. The van der Waals surface area contributed by atoms with E-state index in [1.165, 1.54) is 19.4 Å². The number of aliphatic hydroxyl groups is 5. The molecule has 0 spiro atoms. The van der Waals surface area contributed by atoms with Crippen molar-refractivity contribution in [2.45, 2.75) is 153 Å². The molecule has 4 aliphatic heterocycles. The number of ether oxygens (including phenoxy) is 4. The molecule has 23 heteroatoms. The van der Waals surface area contributed by atoms with Crippen molar-refractivity contribution in [2.75, 3.05) is 19.6 Å². The Bertz CT molecular complexity index is 2050. The first-order valence-electron chi connectivity index (χ1n) is 21.6. The van der Waals surface area contributed by atoms with Crippen LogP contribution in [0.5, 0.6) is 0 Å². The summed E-state index contributed by atoms with van der Waals surface area (Å²) in [6.07, 6.45) is -10.8. The number of aliphatic carboxylic acids is 1. The topological polar surface area (TPSA) is 326 Å². The van der Waals surface area contributed by atoms with Crippen LogP contribution >= 0.6 is 0 Å². The molecule has 4 saturated heterocycles. The van der Waals surface area contributed by atoms with Crippen LogP contribution in [0.15, 0.2) is 45.7 Å². The predicted octanol–water partition coefficient (Wildman–Crippen LogP) is -1.18. The summed E-state index contributed by atoms with van der Waals surface area (Å²) in [6.45, 7) is 11.0. The summed E-state index contributed by atoms with van der Waals surface area (Å²) in [5.74, 6) is -2.27. The number of esters is 1. The van der Waals surface area contributed by atoms with Crippen molar-refractivity contribution in [3.63, 3.8) is 0 Å². The van der Waals surface area contributed by atoms with Crippen LogP contribution in [0.3, 0.4) is 0 Å². The van der Waals surface area contributed by atoms with Gasteiger partial charge in [0.2, 0.25) is 0 Å². The Morgan fingerprint density at radius 1 is 0.969 bits per heavy atom. The number of H-pyrrole nitrogens is 1. The number of fused-ring (bicyclic) bond motifs is 4. The molecular weight excluding hydrogens is 869 g/mol. The Morgan fingerprint density at radius 2 is 1.67 bits per heavy atom. The SMILES string of the molecule is CCCC(C)CC(C)CC(C)/C=C(C)/C=C/C(O)C(C)C(=O)OC1C(O)CN2CC1NC[C@H]1O[C@@H](OC([C@H]3O[C@@H](n4ccc(=O)[nH]c4=O)[C@H](O)[C@@H]3OS(=O)(=O)O)C2C(=O)O)[C@H](O)[C@@H]1O. The third-order valence-corrected chi connectivity index (χ3v) is 12.8. The summed E-state index contributed by atoms with van der Waals surface area (Å²) in [6, 6.07) is -2.28. The standard InChI is InChI=1S/C41H64N4O18S/c1-7-8-19(2)13-21(4)15-22(5)14-20(3)9-10-25(46)23(6)39(54)61-33-24-17-44(18-26(33)47)29(38(52)53)34(62-40-31(50)30(49)27(59-40)16-42-24)36-35(63-64(56,57)58)32(51)37(60-36)45-12-11-28(48)43-41(45)55/h9-12,14,19,21-27,29-37,40,42,46-47,49-51H,7-8,13,15-18H2,1-6H3,(H,52,53)(H,43,48,55)(H,56,57,58)/b10-9+,20-14+/t19?,21?,22?,23?,24?,25?,26?,27-,29?,30-,31-,32-,33?,34?,35+,36-,37-,40+/m1/s1. The number of aliphatic hydroxyl groups excluding tert-OH is 5. The fraction of sp³-hybridized carbons (Fsp3) is 0.756. The van der Waals surface area contributed by atoms with Gasteiger partial charge in [0.25, 0.3) is 5.56 Å². The predicted molar refractivity (Wildman–Crippen MR) is 224 cm³/mol. The van der Waals surface area contributed by atoms with Crippen molar-refractivity contribution in [3.8, 4) is 0 Å². The van der Waals surface area contributed by atoms with Crippen molar-refractivity contribution in [1.82, 2.24) is 19.8 Å². The second-order valence-corrected chi connectivity index (χ2v) is 18.9. The molecule has 0 saturated carbocycles. The second-order valence-electron chi connectivity index (χ2n) is 17.8. The summed E-state index contributed by atoms with van der Waals surface area (Å²) in [5.41, 5.74) is -1.10. The largest absolute Gasteiger partial charge is 0.480 e. The van der Waals surface area contributed by atoms with E-state index < -0.39 is 132 Å². The lowest BCUT2D eigenvalue weighted by atomic mass is 9.87. The molecule has 19 atom stereocenters. The highest BCUT2D eigenvalue weighted by atomic mass is 32.3. The fourth-order valence-electron chi connectivity index (χ4n) is 9.31. The van der Waals surface area contributed by atoms with Gasteiger partial charge in [0.1, 0.15) is 61.0 Å². The maximum atomic E-state index is 13.6. The van der Waals surface area contributed by atoms with E-state index in [2.05, 4.69) is 39.1 Å². The van der Waals surface area contributed by atoms with Crippen LogP contribution in [0.4, 0.5) is 0 Å². The summed E-state index contributed by atoms with van der Waals surface area (Å²) in [5, 5.41) is 69.7. The number of aromatic amines is 1. The Morgan fingerprint density at radius 3 is 2.31 bits per heavy atom. The fourth-order valence-corrected chi connectivity index (χ4v) is 9.82. The lowest BCUT2D eigenvalue weighted by molar-refractivity contribution is -0.236. The van der Waals surface area contributed by atoms with E-state index in [0.717, 1.165) is 42.0 Å². The molecule has 5 heterocycles. The second kappa shape index (κ2) is 21.9. The average Bonchev–Trinajstić information content (AvgIpc) is 3.63. The van der Waals surface area contributed by atoms with Crippen molar-refractivity contribution >= 4 is 22.3 Å². The molecule has 4 bridgehead atoms. The van der Waals surface area contributed by atoms with Crippen LogP contribution in [0.25, 0.3) is 0 Å². The van der Waals surface area contributed by atoms with Gasteiger partial charge in [-0.05, 0) is 44.4 Å². The molecular formula is C41H64N4O18S. The van der Waals surface area contributed by atoms with Crippen LogP contribution in [0, 0.1) is 23.7 Å². The van der Waals surface area contributed by atoms with Crippen molar-refractivity contribution in [1.29, 1.82) is 0 Å². The summed E-state index contributed by atoms with van der Waals surface area (Å²) in [4.78, 5) is 54.6. The van der Waals surface area contributed by atoms with E-state index in [9.17, 15) is 62.8 Å². The number of piperidine rings is 1. The number of allylic oxidation sites excluding steroid dienone is 3. The van der Waals surface area contributed by atoms with Crippen LogP contribution in [0.2, 0.25) is 0 Å². The Kier molecular flexibility index (Phi) is 17.7. The molecule has 64 heavy (non-hydrogen) atoms. The zero-order valence-electron chi connectivity index (χ0n) is 36.7. The van der Waals surface area contributed by atoms with E-state index in [1.807, 2.05) is 11.9 Å². The molecule has 4 fully saturated rings. The van der Waals surface area contributed by atoms with Gasteiger partial charge >= 0.3 is 28.0 Å². The monoisotopic (exact) mass is 932 g/mol. The Labute approximate surface area is 370 Å². The van der Waals surface area contributed by atoms with Crippen molar-refractivity contribution < 1.29 is 76.3 Å². The van der Waals surface area contributed by atoms with E-state index >= 15 is 0 Å². The number of nitrogens with zero attached hydrogens (tertiary/aromatic N) is 2. The molecule has 0 radical (unpaired) electrons. The molecule has 1 aromatic rings. The minimum Gasteiger partial charge on any atom is -0.480 e. The molecule has 0 aliphatic carbocycles. The first kappa shape index (κ1) is 51.6. The molecule has 0 amide bonds. The number of rotatable bonds is 17. The van der Waals surface area contributed by atoms with Crippen LogP contribution in [0.1, 0.15) is 73.5 Å². The quantitative estimate of drug-likeness (QED) is 0.0504. The van der Waals surface area contributed by atoms with Gasteiger partial charge < -0.3 is 54.9 Å². The molecule has 11 unspecified atom stereocenters. The van der Waals surface area contributed by atoms with Gasteiger partial charge in [-0.15, -0.1) is 0 Å².